The van der Waals surface area contributed by atoms with Crippen molar-refractivity contribution < 1.29 is 4.92 Å². The molecular formula is C38H24N2O2. The van der Waals surface area contributed by atoms with Crippen LogP contribution in [-0.4, -0.2) is 9.49 Å². The van der Waals surface area contributed by atoms with Crippen LogP contribution < -0.4 is 0 Å². The number of aromatic nitrogens is 1. The number of fused-ring (bicyclic) bond motifs is 5. The normalized spacial score (nSPS) is 11.5. The SMILES string of the molecule is O=[N+]([O-])c1ccccc1-c1cccc2cc3c(-c4ccc(-n5c6ccccc6c6ccccc65)cc4)cccc3cc12. The van der Waals surface area contributed by atoms with Gasteiger partial charge in [0.25, 0.3) is 5.69 Å². The van der Waals surface area contributed by atoms with Crippen molar-refractivity contribution >= 4 is 49.0 Å². The van der Waals surface area contributed by atoms with Crippen LogP contribution in [0.5, 0.6) is 0 Å². The summed E-state index contributed by atoms with van der Waals surface area (Å²) in [5.74, 6) is 0. The minimum atomic E-state index is -0.309. The lowest BCUT2D eigenvalue weighted by Gasteiger charge is -2.13. The summed E-state index contributed by atoms with van der Waals surface area (Å²) in [4.78, 5) is 11.5. The first-order valence-corrected chi connectivity index (χ1v) is 14.0. The maximum Gasteiger partial charge on any atom is 0.277 e. The molecule has 0 aliphatic carbocycles. The Kier molecular flexibility index (Phi) is 5.41. The fourth-order valence-corrected chi connectivity index (χ4v) is 6.39. The van der Waals surface area contributed by atoms with E-state index in [9.17, 15) is 10.1 Å². The first kappa shape index (κ1) is 24.1. The summed E-state index contributed by atoms with van der Waals surface area (Å²) in [5, 5.41) is 18.6. The molecule has 0 aliphatic heterocycles. The van der Waals surface area contributed by atoms with Gasteiger partial charge in [-0.3, -0.25) is 10.1 Å². The van der Waals surface area contributed by atoms with E-state index in [-0.39, 0.29) is 10.6 Å². The van der Waals surface area contributed by atoms with Crippen molar-refractivity contribution in [1.29, 1.82) is 0 Å². The van der Waals surface area contributed by atoms with Crippen molar-refractivity contribution in [2.24, 2.45) is 0 Å². The average Bonchev–Trinajstić information content (AvgIpc) is 3.38. The fourth-order valence-electron chi connectivity index (χ4n) is 6.39. The first-order chi connectivity index (χ1) is 20.7. The van der Waals surface area contributed by atoms with Gasteiger partial charge in [0.05, 0.1) is 21.5 Å². The molecule has 0 fully saturated rings. The Bertz CT molecular complexity index is 2280. The van der Waals surface area contributed by atoms with Gasteiger partial charge in [0, 0.05) is 22.5 Å². The number of nitro groups is 1. The molecule has 8 rings (SSSR count). The summed E-state index contributed by atoms with van der Waals surface area (Å²) in [6.07, 6.45) is 0. The van der Waals surface area contributed by atoms with Crippen LogP contribution >= 0.6 is 0 Å². The van der Waals surface area contributed by atoms with Crippen LogP contribution in [0.15, 0.2) is 146 Å². The molecule has 0 unspecified atom stereocenters. The van der Waals surface area contributed by atoms with Crippen LogP contribution in [0.3, 0.4) is 0 Å². The molecular weight excluding hydrogens is 516 g/mol. The van der Waals surface area contributed by atoms with Gasteiger partial charge in [-0.15, -0.1) is 0 Å². The Hall–Kier alpha value is -5.74. The Balaban J connectivity index is 1.27. The molecule has 0 radical (unpaired) electrons. The molecule has 0 amide bonds. The van der Waals surface area contributed by atoms with Gasteiger partial charge in [0.2, 0.25) is 0 Å². The summed E-state index contributed by atoms with van der Waals surface area (Å²) in [6.45, 7) is 0. The standard InChI is InChI=1S/C38H24N2O2/c41-40(42)38-18-6-3-11-31(38)30-15-8-10-27-23-34-26(24-35(27)30)9-7-14-29(34)25-19-21-28(22-20-25)39-36-16-4-1-12-32(36)33-13-2-5-17-37(33)39/h1-24H. The lowest BCUT2D eigenvalue weighted by molar-refractivity contribution is -0.384. The molecule has 0 spiro atoms. The Morgan fingerprint density at radius 2 is 1.00 bits per heavy atom. The van der Waals surface area contributed by atoms with E-state index in [1.165, 1.54) is 21.8 Å². The maximum atomic E-state index is 11.8. The molecule has 0 aliphatic rings. The van der Waals surface area contributed by atoms with Gasteiger partial charge in [-0.1, -0.05) is 97.1 Å². The second-order valence-electron chi connectivity index (χ2n) is 10.6. The van der Waals surface area contributed by atoms with E-state index in [0.717, 1.165) is 43.9 Å². The van der Waals surface area contributed by atoms with E-state index in [1.54, 1.807) is 12.1 Å². The highest BCUT2D eigenvalue weighted by Gasteiger charge is 2.17. The number of para-hydroxylation sites is 3. The molecule has 1 heterocycles. The van der Waals surface area contributed by atoms with Gasteiger partial charge in [0.15, 0.2) is 0 Å². The summed E-state index contributed by atoms with van der Waals surface area (Å²) in [6, 6.07) is 49.6. The van der Waals surface area contributed by atoms with Crippen LogP contribution in [0.4, 0.5) is 5.69 Å². The number of benzene rings is 7. The molecule has 0 bridgehead atoms. The zero-order chi connectivity index (χ0) is 28.2. The molecule has 8 aromatic rings. The molecule has 7 aromatic carbocycles. The van der Waals surface area contributed by atoms with Gasteiger partial charge in [0.1, 0.15) is 0 Å². The zero-order valence-electron chi connectivity index (χ0n) is 22.6. The summed E-state index contributed by atoms with van der Waals surface area (Å²) < 4.78 is 2.33. The Morgan fingerprint density at radius 1 is 0.476 bits per heavy atom. The van der Waals surface area contributed by atoms with Gasteiger partial charge in [-0.25, -0.2) is 0 Å². The van der Waals surface area contributed by atoms with E-state index >= 15 is 0 Å². The number of nitro benzene ring substituents is 1. The molecule has 1 aromatic heterocycles. The average molecular weight is 541 g/mol. The topological polar surface area (TPSA) is 48.1 Å². The third-order valence-corrected chi connectivity index (χ3v) is 8.29. The number of nitrogens with zero attached hydrogens (tertiary/aromatic N) is 2. The zero-order valence-corrected chi connectivity index (χ0v) is 22.6. The van der Waals surface area contributed by atoms with Crippen LogP contribution in [0.25, 0.3) is 71.3 Å². The second kappa shape index (κ2) is 9.43. The third kappa shape index (κ3) is 3.70. The van der Waals surface area contributed by atoms with Crippen molar-refractivity contribution in [1.82, 2.24) is 4.57 Å². The first-order valence-electron chi connectivity index (χ1n) is 14.0. The quantitative estimate of drug-likeness (QED) is 0.127. The highest BCUT2D eigenvalue weighted by Crippen LogP contribution is 2.39. The highest BCUT2D eigenvalue weighted by atomic mass is 16.6. The third-order valence-electron chi connectivity index (χ3n) is 8.29. The van der Waals surface area contributed by atoms with E-state index in [0.29, 0.717) is 5.56 Å². The summed E-state index contributed by atoms with van der Waals surface area (Å²) >= 11 is 0. The van der Waals surface area contributed by atoms with Gasteiger partial charge in [-0.2, -0.15) is 0 Å². The lowest BCUT2D eigenvalue weighted by atomic mass is 9.92. The highest BCUT2D eigenvalue weighted by molar-refractivity contribution is 6.10. The van der Waals surface area contributed by atoms with Crippen molar-refractivity contribution in [2.75, 3.05) is 0 Å². The minimum Gasteiger partial charge on any atom is -0.309 e. The molecule has 0 N–H and O–H groups in total. The second-order valence-corrected chi connectivity index (χ2v) is 10.6. The Morgan fingerprint density at radius 3 is 1.64 bits per heavy atom. The van der Waals surface area contributed by atoms with Crippen LogP contribution in [0, 0.1) is 10.1 Å². The molecule has 42 heavy (non-hydrogen) atoms. The van der Waals surface area contributed by atoms with Gasteiger partial charge >= 0.3 is 0 Å². The molecule has 0 saturated heterocycles. The number of rotatable bonds is 4. The van der Waals surface area contributed by atoms with Crippen LogP contribution in [0.2, 0.25) is 0 Å². The largest absolute Gasteiger partial charge is 0.309 e. The van der Waals surface area contributed by atoms with Gasteiger partial charge < -0.3 is 4.57 Å². The summed E-state index contributed by atoms with van der Waals surface area (Å²) in [7, 11) is 0. The molecule has 198 valence electrons. The predicted molar refractivity (Wildman–Crippen MR) is 173 cm³/mol. The fraction of sp³-hybridized carbons (Fsp3) is 0. The molecule has 0 atom stereocenters. The number of hydrogen-bond donors (Lipinski definition) is 0. The van der Waals surface area contributed by atoms with Crippen molar-refractivity contribution in [2.45, 2.75) is 0 Å². The van der Waals surface area contributed by atoms with E-state index in [1.807, 2.05) is 24.3 Å². The van der Waals surface area contributed by atoms with Crippen molar-refractivity contribution in [3.8, 4) is 27.9 Å². The predicted octanol–water partition coefficient (Wildman–Crippen LogP) is 10.3. The van der Waals surface area contributed by atoms with Crippen LogP contribution in [0.1, 0.15) is 0 Å². The maximum absolute atomic E-state index is 11.8. The molecule has 0 saturated carbocycles. The van der Waals surface area contributed by atoms with Gasteiger partial charge in [-0.05, 0) is 80.7 Å². The number of hydrogen-bond acceptors (Lipinski definition) is 2. The summed E-state index contributed by atoms with van der Waals surface area (Å²) in [5.41, 5.74) is 7.40. The minimum absolute atomic E-state index is 0.113. The Labute approximate surface area is 241 Å². The van der Waals surface area contributed by atoms with E-state index < -0.39 is 0 Å². The van der Waals surface area contributed by atoms with E-state index in [2.05, 4.69) is 114 Å². The molecule has 4 nitrogen and oxygen atoms in total. The molecule has 4 heteroatoms. The van der Waals surface area contributed by atoms with Crippen molar-refractivity contribution in [3.05, 3.63) is 156 Å². The smallest absolute Gasteiger partial charge is 0.277 e. The monoisotopic (exact) mass is 540 g/mol. The lowest BCUT2D eigenvalue weighted by Crippen LogP contribution is -1.94. The van der Waals surface area contributed by atoms with Crippen molar-refractivity contribution in [3.63, 3.8) is 0 Å². The van der Waals surface area contributed by atoms with Crippen LogP contribution in [-0.2, 0) is 0 Å². The van der Waals surface area contributed by atoms with E-state index in [4.69, 9.17) is 0 Å².